The van der Waals surface area contributed by atoms with Gasteiger partial charge in [-0.05, 0) is 54.7 Å². The van der Waals surface area contributed by atoms with Crippen molar-refractivity contribution in [2.24, 2.45) is 0 Å². The maximum absolute atomic E-state index is 12.4. The molecule has 1 aliphatic rings. The van der Waals surface area contributed by atoms with E-state index in [4.69, 9.17) is 0 Å². The number of hydrogen-bond acceptors (Lipinski definition) is 4. The highest BCUT2D eigenvalue weighted by atomic mass is 32.2. The van der Waals surface area contributed by atoms with Gasteiger partial charge < -0.3 is 10.4 Å². The molecule has 2 rings (SSSR count). The van der Waals surface area contributed by atoms with Crippen molar-refractivity contribution in [3.8, 4) is 0 Å². The molecule has 4 nitrogen and oxygen atoms in total. The van der Waals surface area contributed by atoms with Gasteiger partial charge in [-0.3, -0.25) is 4.79 Å². The van der Waals surface area contributed by atoms with E-state index in [0.717, 1.165) is 30.6 Å². The lowest BCUT2D eigenvalue weighted by atomic mass is 9.87. The third kappa shape index (κ3) is 3.55. The fraction of sp³-hybridized carbons (Fsp3) is 0.571. The fourth-order valence-electron chi connectivity index (χ4n) is 2.52. The summed E-state index contributed by atoms with van der Waals surface area (Å²) in [4.78, 5) is 24.8. The average molecular weight is 313 g/mol. The lowest BCUT2D eigenvalue weighted by molar-refractivity contribution is -0.142. The molecule has 1 amide bonds. The van der Waals surface area contributed by atoms with E-state index in [1.54, 1.807) is 23.1 Å². The van der Waals surface area contributed by atoms with Crippen molar-refractivity contribution >= 4 is 35.0 Å². The number of aryl methyl sites for hydroxylation is 1. The highest BCUT2D eigenvalue weighted by Crippen LogP contribution is 2.35. The molecule has 0 aromatic carbocycles. The van der Waals surface area contributed by atoms with Gasteiger partial charge in [0.05, 0.1) is 5.92 Å². The Morgan fingerprint density at radius 3 is 3.10 bits per heavy atom. The van der Waals surface area contributed by atoms with Crippen LogP contribution < -0.4 is 5.32 Å². The van der Waals surface area contributed by atoms with Crippen LogP contribution >= 0.6 is 23.1 Å². The Kier molecular flexibility index (Phi) is 5.48. The maximum atomic E-state index is 12.4. The minimum atomic E-state index is -0.950. The molecule has 0 saturated heterocycles. The zero-order valence-corrected chi connectivity index (χ0v) is 13.1. The monoisotopic (exact) mass is 313 g/mol. The number of carbonyl (C=O) groups excluding carboxylic acids is 1. The molecule has 6 heteroatoms. The Labute approximate surface area is 127 Å². The number of aliphatic carboxylic acids is 1. The molecule has 0 saturated carbocycles. The van der Waals surface area contributed by atoms with Crippen LogP contribution in [0, 0.1) is 0 Å². The van der Waals surface area contributed by atoms with E-state index < -0.39 is 12.0 Å². The van der Waals surface area contributed by atoms with Crippen LogP contribution in [-0.4, -0.2) is 35.0 Å². The maximum Gasteiger partial charge on any atom is 0.326 e. The highest BCUT2D eigenvalue weighted by Gasteiger charge is 2.30. The molecule has 0 radical (unpaired) electrons. The molecule has 2 N–H and O–H groups in total. The van der Waals surface area contributed by atoms with Crippen molar-refractivity contribution in [3.63, 3.8) is 0 Å². The largest absolute Gasteiger partial charge is 0.480 e. The van der Waals surface area contributed by atoms with E-state index in [1.807, 2.05) is 17.7 Å². The van der Waals surface area contributed by atoms with Gasteiger partial charge in [-0.2, -0.15) is 11.8 Å². The van der Waals surface area contributed by atoms with Crippen molar-refractivity contribution in [3.05, 3.63) is 21.9 Å². The van der Waals surface area contributed by atoms with Crippen LogP contribution in [0.4, 0.5) is 0 Å². The van der Waals surface area contributed by atoms with Gasteiger partial charge in [0.2, 0.25) is 5.91 Å². The molecule has 1 heterocycles. The minimum Gasteiger partial charge on any atom is -0.480 e. The summed E-state index contributed by atoms with van der Waals surface area (Å²) in [6, 6.07) is 1.22. The van der Waals surface area contributed by atoms with E-state index in [0.29, 0.717) is 6.42 Å². The summed E-state index contributed by atoms with van der Waals surface area (Å²) in [7, 11) is 0. The third-order valence-electron chi connectivity index (χ3n) is 3.59. The third-order valence-corrected chi connectivity index (χ3v) is 5.23. The zero-order valence-electron chi connectivity index (χ0n) is 11.4. The van der Waals surface area contributed by atoms with E-state index in [2.05, 4.69) is 5.32 Å². The summed E-state index contributed by atoms with van der Waals surface area (Å²) in [5, 5.41) is 13.9. The van der Waals surface area contributed by atoms with Crippen LogP contribution in [0.5, 0.6) is 0 Å². The van der Waals surface area contributed by atoms with Gasteiger partial charge in [-0.15, -0.1) is 11.3 Å². The van der Waals surface area contributed by atoms with Gasteiger partial charge in [0.25, 0.3) is 0 Å². The second-order valence-corrected chi connectivity index (χ2v) is 6.91. The molecule has 1 aliphatic carbocycles. The smallest absolute Gasteiger partial charge is 0.326 e. The Balaban J connectivity index is 2.03. The molecule has 1 unspecified atom stereocenters. The van der Waals surface area contributed by atoms with Crippen molar-refractivity contribution < 1.29 is 14.7 Å². The van der Waals surface area contributed by atoms with Gasteiger partial charge in [0.15, 0.2) is 0 Å². The van der Waals surface area contributed by atoms with Crippen molar-refractivity contribution in [1.29, 1.82) is 0 Å². The zero-order chi connectivity index (χ0) is 14.5. The summed E-state index contributed by atoms with van der Waals surface area (Å²) in [5.74, 6) is -0.543. The van der Waals surface area contributed by atoms with Gasteiger partial charge in [0, 0.05) is 4.88 Å². The molecular weight excluding hydrogens is 294 g/mol. The predicted octanol–water partition coefficient (Wildman–Crippen LogP) is 2.49. The number of hydrogen-bond donors (Lipinski definition) is 2. The van der Waals surface area contributed by atoms with Crippen LogP contribution in [-0.2, 0) is 16.0 Å². The first-order chi connectivity index (χ1) is 9.63. The summed E-state index contributed by atoms with van der Waals surface area (Å²) in [6.45, 7) is 0. The number of carbonyl (C=O) groups is 2. The number of carboxylic acids is 1. The molecule has 0 aliphatic heterocycles. The SMILES string of the molecule is CSCC[C@@H](NC(=O)C1CCCc2sccc21)C(=O)O. The molecular formula is C14H19NO3S2. The average Bonchev–Trinajstić information content (AvgIpc) is 2.90. The number of fused-ring (bicyclic) bond motifs is 1. The van der Waals surface area contributed by atoms with Crippen molar-refractivity contribution in [2.45, 2.75) is 37.6 Å². The minimum absolute atomic E-state index is 0.141. The molecule has 0 spiro atoms. The number of amides is 1. The standard InChI is InChI=1S/C14H19NO3S2/c1-19-7-6-11(14(17)18)15-13(16)10-3-2-4-12-9(10)5-8-20-12/h5,8,10-11H,2-4,6-7H2,1H3,(H,15,16)(H,17,18)/t10?,11-/m1/s1. The highest BCUT2D eigenvalue weighted by molar-refractivity contribution is 7.98. The molecule has 1 aromatic rings. The second-order valence-electron chi connectivity index (χ2n) is 4.92. The summed E-state index contributed by atoms with van der Waals surface area (Å²) in [6.07, 6.45) is 5.23. The van der Waals surface area contributed by atoms with Gasteiger partial charge in [-0.1, -0.05) is 0 Å². The molecule has 110 valence electrons. The first kappa shape index (κ1) is 15.4. The summed E-state index contributed by atoms with van der Waals surface area (Å²) in [5.41, 5.74) is 1.09. The Bertz CT molecular complexity index is 487. The number of rotatable bonds is 6. The number of thiophene rings is 1. The van der Waals surface area contributed by atoms with Crippen LogP contribution in [0.2, 0.25) is 0 Å². The van der Waals surface area contributed by atoms with Crippen molar-refractivity contribution in [2.75, 3.05) is 12.0 Å². The van der Waals surface area contributed by atoms with Crippen LogP contribution in [0.1, 0.15) is 35.6 Å². The van der Waals surface area contributed by atoms with Crippen molar-refractivity contribution in [1.82, 2.24) is 5.32 Å². The van der Waals surface area contributed by atoms with Gasteiger partial charge in [0.1, 0.15) is 6.04 Å². The lowest BCUT2D eigenvalue weighted by Crippen LogP contribution is -2.43. The normalized spacial score (nSPS) is 19.1. The van der Waals surface area contributed by atoms with E-state index >= 15 is 0 Å². The van der Waals surface area contributed by atoms with Gasteiger partial charge in [-0.25, -0.2) is 4.79 Å². The van der Waals surface area contributed by atoms with Gasteiger partial charge >= 0.3 is 5.97 Å². The molecule has 20 heavy (non-hydrogen) atoms. The first-order valence-electron chi connectivity index (χ1n) is 6.72. The van der Waals surface area contributed by atoms with E-state index in [-0.39, 0.29) is 11.8 Å². The lowest BCUT2D eigenvalue weighted by Gasteiger charge is -2.24. The molecule has 2 atom stereocenters. The Morgan fingerprint density at radius 1 is 1.60 bits per heavy atom. The summed E-state index contributed by atoms with van der Waals surface area (Å²) >= 11 is 3.27. The number of nitrogens with one attached hydrogen (secondary N) is 1. The predicted molar refractivity (Wildman–Crippen MR) is 82.6 cm³/mol. The number of carboxylic acid groups (broad SMARTS) is 1. The summed E-state index contributed by atoms with van der Waals surface area (Å²) < 4.78 is 0. The topological polar surface area (TPSA) is 66.4 Å². The van der Waals surface area contributed by atoms with E-state index in [1.165, 1.54) is 4.88 Å². The van der Waals surface area contributed by atoms with Crippen LogP contribution in [0.15, 0.2) is 11.4 Å². The second kappa shape index (κ2) is 7.13. The van der Waals surface area contributed by atoms with Crippen LogP contribution in [0.3, 0.4) is 0 Å². The van der Waals surface area contributed by atoms with Crippen LogP contribution in [0.25, 0.3) is 0 Å². The Morgan fingerprint density at radius 2 is 2.40 bits per heavy atom. The quantitative estimate of drug-likeness (QED) is 0.847. The number of thioether (sulfide) groups is 1. The molecule has 0 bridgehead atoms. The molecule has 1 aromatic heterocycles. The first-order valence-corrected chi connectivity index (χ1v) is 8.99. The van der Waals surface area contributed by atoms with E-state index in [9.17, 15) is 14.7 Å². The fourth-order valence-corrected chi connectivity index (χ4v) is 3.98. The Hall–Kier alpha value is -1.01. The molecule has 0 fully saturated rings.